The molecule has 1 unspecified atom stereocenters. The van der Waals surface area contributed by atoms with Gasteiger partial charge in [0.15, 0.2) is 0 Å². The van der Waals surface area contributed by atoms with Crippen molar-refractivity contribution in [3.63, 3.8) is 0 Å². The maximum Gasteiger partial charge on any atom is 0.343 e. The summed E-state index contributed by atoms with van der Waals surface area (Å²) in [5, 5.41) is 10.2. The molecule has 94 valence electrons. The lowest BCUT2D eigenvalue weighted by atomic mass is 9.83. The summed E-state index contributed by atoms with van der Waals surface area (Å²) in [5.41, 5.74) is -1.51. The molecule has 0 aromatic rings. The number of aliphatic hydroxyl groups is 1. The Morgan fingerprint density at radius 3 is 2.31 bits per heavy atom. The van der Waals surface area contributed by atoms with Crippen LogP contribution in [-0.4, -0.2) is 29.5 Å². The first-order valence-electron chi connectivity index (χ1n) is 6.13. The average molecular weight is 232 g/mol. The summed E-state index contributed by atoms with van der Waals surface area (Å²) in [6, 6.07) is 0. The summed E-state index contributed by atoms with van der Waals surface area (Å²) in [6.45, 7) is 1.78. The van der Waals surface area contributed by atoms with E-state index in [2.05, 4.69) is 4.74 Å². The molecule has 1 rings (SSSR count). The minimum absolute atomic E-state index is 0.148. The molecule has 3 nitrogen and oxygen atoms in total. The van der Waals surface area contributed by atoms with Gasteiger partial charge in [0, 0.05) is 0 Å². The van der Waals surface area contributed by atoms with Crippen LogP contribution >= 0.6 is 0 Å². The van der Waals surface area contributed by atoms with E-state index >= 15 is 0 Å². The zero-order valence-electron chi connectivity index (χ0n) is 9.88. The second-order valence-corrected chi connectivity index (χ2v) is 4.49. The lowest BCUT2D eigenvalue weighted by Gasteiger charge is -2.31. The SMILES string of the molecule is CCOC(=O)C(F)C1(O)CCCCCCC1. The summed E-state index contributed by atoms with van der Waals surface area (Å²) in [4.78, 5) is 11.3. The highest BCUT2D eigenvalue weighted by atomic mass is 19.1. The molecule has 1 atom stereocenters. The molecule has 16 heavy (non-hydrogen) atoms. The maximum absolute atomic E-state index is 13.8. The van der Waals surface area contributed by atoms with Crippen molar-refractivity contribution in [1.82, 2.24) is 0 Å². The quantitative estimate of drug-likeness (QED) is 0.760. The van der Waals surface area contributed by atoms with Crippen LogP contribution < -0.4 is 0 Å². The zero-order chi connectivity index (χ0) is 12.0. The number of carbonyl (C=O) groups is 1. The molecule has 1 fully saturated rings. The molecule has 1 N–H and O–H groups in total. The predicted molar refractivity (Wildman–Crippen MR) is 58.8 cm³/mol. The molecule has 0 heterocycles. The van der Waals surface area contributed by atoms with Crippen LogP contribution in [0.15, 0.2) is 0 Å². The molecule has 0 aromatic carbocycles. The summed E-state index contributed by atoms with van der Waals surface area (Å²) < 4.78 is 18.5. The highest BCUT2D eigenvalue weighted by molar-refractivity contribution is 5.76. The van der Waals surface area contributed by atoms with E-state index in [0.29, 0.717) is 12.8 Å². The van der Waals surface area contributed by atoms with Crippen LogP contribution in [0.25, 0.3) is 0 Å². The van der Waals surface area contributed by atoms with Crippen LogP contribution in [0.4, 0.5) is 4.39 Å². The summed E-state index contributed by atoms with van der Waals surface area (Å²) in [5.74, 6) is -0.925. The molecule has 0 radical (unpaired) electrons. The Kier molecular flexibility index (Phi) is 5.19. The minimum Gasteiger partial charge on any atom is -0.464 e. The van der Waals surface area contributed by atoms with E-state index in [1.165, 1.54) is 0 Å². The molecular weight excluding hydrogens is 211 g/mol. The van der Waals surface area contributed by atoms with Gasteiger partial charge in [-0.2, -0.15) is 0 Å². The highest BCUT2D eigenvalue weighted by Crippen LogP contribution is 2.31. The van der Waals surface area contributed by atoms with Gasteiger partial charge in [0.05, 0.1) is 6.61 Å². The van der Waals surface area contributed by atoms with E-state index in [1.54, 1.807) is 6.92 Å². The summed E-state index contributed by atoms with van der Waals surface area (Å²) >= 11 is 0. The second-order valence-electron chi connectivity index (χ2n) is 4.49. The van der Waals surface area contributed by atoms with Crippen molar-refractivity contribution in [3.05, 3.63) is 0 Å². The largest absolute Gasteiger partial charge is 0.464 e. The van der Waals surface area contributed by atoms with Crippen LogP contribution in [0.1, 0.15) is 51.9 Å². The van der Waals surface area contributed by atoms with E-state index in [0.717, 1.165) is 32.1 Å². The standard InChI is InChI=1S/C12H21FO3/c1-2-16-11(14)10(13)12(15)8-6-4-3-5-7-9-12/h10,15H,2-9H2,1H3. The Morgan fingerprint density at radius 1 is 1.31 bits per heavy atom. The number of rotatable bonds is 3. The Bertz CT molecular complexity index is 222. The molecule has 0 aromatic heterocycles. The van der Waals surface area contributed by atoms with Gasteiger partial charge in [-0.25, -0.2) is 9.18 Å². The monoisotopic (exact) mass is 232 g/mol. The normalized spacial score (nSPS) is 22.9. The van der Waals surface area contributed by atoms with Crippen molar-refractivity contribution >= 4 is 5.97 Å². The maximum atomic E-state index is 13.8. The smallest absolute Gasteiger partial charge is 0.343 e. The van der Waals surface area contributed by atoms with Crippen LogP contribution in [0.3, 0.4) is 0 Å². The summed E-state index contributed by atoms with van der Waals surface area (Å²) in [7, 11) is 0. The molecule has 0 bridgehead atoms. The van der Waals surface area contributed by atoms with Gasteiger partial charge in [0.1, 0.15) is 5.60 Å². The van der Waals surface area contributed by atoms with Gasteiger partial charge in [0.25, 0.3) is 0 Å². The lowest BCUT2D eigenvalue weighted by molar-refractivity contribution is -0.162. The number of hydrogen-bond acceptors (Lipinski definition) is 3. The van der Waals surface area contributed by atoms with Crippen molar-refractivity contribution in [1.29, 1.82) is 0 Å². The molecule has 0 saturated heterocycles. The number of alkyl halides is 1. The van der Waals surface area contributed by atoms with Crippen LogP contribution in [0, 0.1) is 0 Å². The number of carbonyl (C=O) groups excluding carboxylic acids is 1. The fourth-order valence-electron chi connectivity index (χ4n) is 2.21. The fourth-order valence-corrected chi connectivity index (χ4v) is 2.21. The van der Waals surface area contributed by atoms with Gasteiger partial charge in [0.2, 0.25) is 6.17 Å². The van der Waals surface area contributed by atoms with Gasteiger partial charge in [-0.1, -0.05) is 32.1 Å². The van der Waals surface area contributed by atoms with E-state index in [4.69, 9.17) is 0 Å². The Balaban J connectivity index is 2.60. The van der Waals surface area contributed by atoms with Crippen molar-refractivity contribution in [2.24, 2.45) is 0 Å². The fraction of sp³-hybridized carbons (Fsp3) is 0.917. The third-order valence-electron chi connectivity index (χ3n) is 3.18. The van der Waals surface area contributed by atoms with Crippen molar-refractivity contribution in [2.75, 3.05) is 6.61 Å². The number of esters is 1. The Labute approximate surface area is 96.0 Å². The molecule has 0 amide bonds. The highest BCUT2D eigenvalue weighted by Gasteiger charge is 2.42. The van der Waals surface area contributed by atoms with Crippen LogP contribution in [0.5, 0.6) is 0 Å². The average Bonchev–Trinajstić information content (AvgIpc) is 2.23. The summed E-state index contributed by atoms with van der Waals surface area (Å²) in [6.07, 6.45) is 3.49. The number of hydrogen-bond donors (Lipinski definition) is 1. The van der Waals surface area contributed by atoms with Crippen molar-refractivity contribution < 1.29 is 19.0 Å². The second kappa shape index (κ2) is 6.18. The van der Waals surface area contributed by atoms with Crippen molar-refractivity contribution in [2.45, 2.75) is 63.6 Å². The van der Waals surface area contributed by atoms with Crippen LogP contribution in [-0.2, 0) is 9.53 Å². The van der Waals surface area contributed by atoms with E-state index in [-0.39, 0.29) is 6.61 Å². The topological polar surface area (TPSA) is 46.5 Å². The van der Waals surface area contributed by atoms with E-state index in [9.17, 15) is 14.3 Å². The molecular formula is C12H21FO3. The lowest BCUT2D eigenvalue weighted by Crippen LogP contribution is -2.45. The first-order chi connectivity index (χ1) is 7.60. The van der Waals surface area contributed by atoms with Gasteiger partial charge < -0.3 is 9.84 Å². The third kappa shape index (κ3) is 3.44. The molecule has 0 aliphatic heterocycles. The predicted octanol–water partition coefficient (Wildman–Crippen LogP) is 2.36. The molecule has 0 spiro atoms. The first kappa shape index (κ1) is 13.4. The van der Waals surface area contributed by atoms with Crippen LogP contribution in [0.2, 0.25) is 0 Å². The molecule has 4 heteroatoms. The zero-order valence-corrected chi connectivity index (χ0v) is 9.88. The molecule has 1 saturated carbocycles. The number of ether oxygens (including phenoxy) is 1. The van der Waals surface area contributed by atoms with Gasteiger partial charge >= 0.3 is 5.97 Å². The first-order valence-corrected chi connectivity index (χ1v) is 6.13. The molecule has 1 aliphatic rings. The van der Waals surface area contributed by atoms with E-state index < -0.39 is 17.7 Å². The Morgan fingerprint density at radius 2 is 1.81 bits per heavy atom. The number of halogens is 1. The third-order valence-corrected chi connectivity index (χ3v) is 3.18. The van der Waals surface area contributed by atoms with Gasteiger partial charge in [-0.05, 0) is 19.8 Å². The van der Waals surface area contributed by atoms with Gasteiger partial charge in [-0.3, -0.25) is 0 Å². The minimum atomic E-state index is -1.90. The van der Waals surface area contributed by atoms with Crippen molar-refractivity contribution in [3.8, 4) is 0 Å². The van der Waals surface area contributed by atoms with E-state index in [1.807, 2.05) is 0 Å². The Hall–Kier alpha value is -0.640. The molecule has 1 aliphatic carbocycles. The van der Waals surface area contributed by atoms with Gasteiger partial charge in [-0.15, -0.1) is 0 Å².